The molecule has 2 rings (SSSR count). The quantitative estimate of drug-likeness (QED) is 0.699. The number of hydrogen-bond donors (Lipinski definition) is 3. The van der Waals surface area contributed by atoms with Crippen LogP contribution in [0.5, 0.6) is 0 Å². The van der Waals surface area contributed by atoms with E-state index in [1.54, 1.807) is 6.20 Å². The van der Waals surface area contributed by atoms with Gasteiger partial charge in [0.25, 0.3) is 0 Å². The van der Waals surface area contributed by atoms with Crippen LogP contribution in [-0.4, -0.2) is 20.4 Å². The van der Waals surface area contributed by atoms with Crippen LogP contribution < -0.4 is 5.73 Å². The van der Waals surface area contributed by atoms with Gasteiger partial charge in [0.1, 0.15) is 5.82 Å². The molecule has 0 aliphatic heterocycles. The Kier molecular flexibility index (Phi) is 2.22. The maximum atomic E-state index is 5.82. The van der Waals surface area contributed by atoms with Crippen molar-refractivity contribution in [3.63, 3.8) is 0 Å². The lowest BCUT2D eigenvalue weighted by Crippen LogP contribution is -1.95. The van der Waals surface area contributed by atoms with E-state index < -0.39 is 0 Å². The van der Waals surface area contributed by atoms with Crippen LogP contribution in [0.3, 0.4) is 0 Å². The van der Waals surface area contributed by atoms with E-state index in [-0.39, 0.29) is 0 Å². The minimum absolute atomic E-state index is 0.335. The number of nitrogens with zero attached hydrogens (tertiary/aromatic N) is 2. The largest absolute Gasteiger partial charge is 0.382 e. The van der Waals surface area contributed by atoms with Crippen LogP contribution in [-0.2, 0) is 0 Å². The molecule has 0 saturated heterocycles. The molecule has 80 valence electrons. The molecule has 15 heavy (non-hydrogen) atoms. The Balaban J connectivity index is 2.59. The zero-order chi connectivity index (χ0) is 11.0. The molecule has 5 nitrogen and oxygen atoms in total. The first kappa shape index (κ1) is 9.76. The first-order valence-electron chi connectivity index (χ1n) is 4.95. The Bertz CT molecular complexity index is 466. The number of aromatic amines is 2. The van der Waals surface area contributed by atoms with Crippen molar-refractivity contribution < 1.29 is 0 Å². The van der Waals surface area contributed by atoms with E-state index in [1.165, 1.54) is 0 Å². The smallest absolute Gasteiger partial charge is 0.149 e. The van der Waals surface area contributed by atoms with Crippen molar-refractivity contribution in [3.05, 3.63) is 17.3 Å². The van der Waals surface area contributed by atoms with Gasteiger partial charge in [0.05, 0.1) is 17.6 Å². The molecule has 0 saturated carbocycles. The monoisotopic (exact) mass is 205 g/mol. The number of nitrogen functional groups attached to an aromatic ring is 1. The normalized spacial score (nSPS) is 11.2. The van der Waals surface area contributed by atoms with E-state index in [2.05, 4.69) is 34.2 Å². The van der Waals surface area contributed by atoms with Gasteiger partial charge >= 0.3 is 0 Å². The summed E-state index contributed by atoms with van der Waals surface area (Å²) < 4.78 is 0. The Labute approximate surface area is 88.1 Å². The molecule has 5 heteroatoms. The highest BCUT2D eigenvalue weighted by Crippen LogP contribution is 2.31. The molecular weight excluding hydrogens is 190 g/mol. The number of hydrogen-bond acceptors (Lipinski definition) is 3. The summed E-state index contributed by atoms with van der Waals surface area (Å²) in [6, 6.07) is 0. The topological polar surface area (TPSA) is 83.4 Å². The fourth-order valence-corrected chi connectivity index (χ4v) is 1.74. The molecule has 0 spiro atoms. The van der Waals surface area contributed by atoms with Crippen LogP contribution in [0, 0.1) is 6.92 Å². The third-order valence-corrected chi connectivity index (χ3v) is 2.49. The van der Waals surface area contributed by atoms with Gasteiger partial charge in [-0.3, -0.25) is 10.2 Å². The highest BCUT2D eigenvalue weighted by atomic mass is 15.2. The van der Waals surface area contributed by atoms with Gasteiger partial charge in [-0.05, 0) is 18.4 Å². The lowest BCUT2D eigenvalue weighted by Gasteiger charge is -2.06. The van der Waals surface area contributed by atoms with Crippen LogP contribution in [0.25, 0.3) is 11.4 Å². The van der Waals surface area contributed by atoms with Gasteiger partial charge in [0.2, 0.25) is 0 Å². The van der Waals surface area contributed by atoms with Gasteiger partial charge < -0.3 is 5.73 Å². The number of nitrogens with one attached hydrogen (secondary N) is 2. The van der Waals surface area contributed by atoms with Gasteiger partial charge in [-0.1, -0.05) is 13.8 Å². The van der Waals surface area contributed by atoms with E-state index in [1.807, 2.05) is 6.92 Å². The summed E-state index contributed by atoms with van der Waals surface area (Å²) in [5.74, 6) is 0.899. The molecule has 0 aliphatic carbocycles. The lowest BCUT2D eigenvalue weighted by atomic mass is 10.0. The highest BCUT2D eigenvalue weighted by molar-refractivity contribution is 5.67. The van der Waals surface area contributed by atoms with Crippen LogP contribution in [0.2, 0.25) is 0 Å². The van der Waals surface area contributed by atoms with Crippen molar-refractivity contribution in [3.8, 4) is 11.4 Å². The van der Waals surface area contributed by atoms with Crippen LogP contribution >= 0.6 is 0 Å². The molecule has 0 atom stereocenters. The average molecular weight is 205 g/mol. The predicted molar refractivity (Wildman–Crippen MR) is 59.4 cm³/mol. The molecule has 2 aromatic rings. The van der Waals surface area contributed by atoms with Crippen LogP contribution in [0.4, 0.5) is 5.82 Å². The second-order valence-electron chi connectivity index (χ2n) is 3.98. The minimum Gasteiger partial charge on any atom is -0.382 e. The number of aryl methyl sites for hydroxylation is 1. The van der Waals surface area contributed by atoms with E-state index >= 15 is 0 Å². The third kappa shape index (κ3) is 1.49. The molecule has 0 unspecified atom stereocenters. The maximum Gasteiger partial charge on any atom is 0.149 e. The summed E-state index contributed by atoms with van der Waals surface area (Å²) in [5.41, 5.74) is 9.85. The number of aromatic nitrogens is 4. The van der Waals surface area contributed by atoms with E-state index in [0.29, 0.717) is 11.7 Å². The molecule has 0 bridgehead atoms. The summed E-state index contributed by atoms with van der Waals surface area (Å²) in [6.45, 7) is 6.19. The van der Waals surface area contributed by atoms with Crippen molar-refractivity contribution in [2.45, 2.75) is 26.7 Å². The first-order valence-corrected chi connectivity index (χ1v) is 4.95. The van der Waals surface area contributed by atoms with Crippen LogP contribution in [0.15, 0.2) is 6.20 Å². The standard InChI is InChI=1S/C10H15N5/c1-5(2)7-9(14-15-10(7)11)8-6(3)4-12-13-8/h4-5H,1-3H3,(H,12,13)(H3,11,14,15). The van der Waals surface area contributed by atoms with E-state index in [9.17, 15) is 0 Å². The highest BCUT2D eigenvalue weighted by Gasteiger charge is 2.17. The summed E-state index contributed by atoms with van der Waals surface area (Å²) in [7, 11) is 0. The first-order chi connectivity index (χ1) is 7.11. The van der Waals surface area contributed by atoms with Gasteiger partial charge in [0, 0.05) is 5.56 Å². The van der Waals surface area contributed by atoms with Crippen molar-refractivity contribution in [2.75, 3.05) is 5.73 Å². The van der Waals surface area contributed by atoms with Crippen molar-refractivity contribution in [2.24, 2.45) is 0 Å². The molecule has 0 aliphatic rings. The van der Waals surface area contributed by atoms with Gasteiger partial charge in [-0.15, -0.1) is 0 Å². The molecule has 2 aromatic heterocycles. The van der Waals surface area contributed by atoms with Gasteiger partial charge in [0.15, 0.2) is 0 Å². The Morgan fingerprint density at radius 2 is 2.00 bits per heavy atom. The SMILES string of the molecule is Cc1cn[nH]c1-c1[nH]nc(N)c1C(C)C. The zero-order valence-electron chi connectivity index (χ0n) is 9.13. The summed E-state index contributed by atoms with van der Waals surface area (Å²) >= 11 is 0. The fourth-order valence-electron chi connectivity index (χ4n) is 1.74. The molecule has 0 aromatic carbocycles. The number of rotatable bonds is 2. The summed E-state index contributed by atoms with van der Waals surface area (Å²) in [6.07, 6.45) is 1.79. The molecule has 4 N–H and O–H groups in total. The zero-order valence-corrected chi connectivity index (χ0v) is 9.13. The maximum absolute atomic E-state index is 5.82. The predicted octanol–water partition coefficient (Wildman–Crippen LogP) is 1.81. The number of H-pyrrole nitrogens is 2. The van der Waals surface area contributed by atoms with Gasteiger partial charge in [-0.25, -0.2) is 0 Å². The van der Waals surface area contributed by atoms with Crippen molar-refractivity contribution in [1.29, 1.82) is 0 Å². The molecule has 0 fully saturated rings. The summed E-state index contributed by atoms with van der Waals surface area (Å²) in [5, 5.41) is 13.9. The van der Waals surface area contributed by atoms with E-state index in [4.69, 9.17) is 5.73 Å². The van der Waals surface area contributed by atoms with Crippen molar-refractivity contribution >= 4 is 5.82 Å². The van der Waals surface area contributed by atoms with Gasteiger partial charge in [-0.2, -0.15) is 10.2 Å². The lowest BCUT2D eigenvalue weighted by molar-refractivity contribution is 0.871. The van der Waals surface area contributed by atoms with Crippen LogP contribution in [0.1, 0.15) is 30.9 Å². The molecule has 2 heterocycles. The molecule has 0 radical (unpaired) electrons. The minimum atomic E-state index is 0.335. The van der Waals surface area contributed by atoms with E-state index in [0.717, 1.165) is 22.5 Å². The second kappa shape index (κ2) is 3.42. The fraction of sp³-hybridized carbons (Fsp3) is 0.400. The van der Waals surface area contributed by atoms with Crippen molar-refractivity contribution in [1.82, 2.24) is 20.4 Å². The Morgan fingerprint density at radius 3 is 2.53 bits per heavy atom. The number of nitrogens with two attached hydrogens (primary N) is 1. The Morgan fingerprint density at radius 1 is 1.27 bits per heavy atom. The average Bonchev–Trinajstić information content (AvgIpc) is 2.71. The summed E-state index contributed by atoms with van der Waals surface area (Å²) in [4.78, 5) is 0. The Hall–Kier alpha value is -1.78. The third-order valence-electron chi connectivity index (χ3n) is 2.49. The second-order valence-corrected chi connectivity index (χ2v) is 3.98. The molecule has 0 amide bonds. The number of anilines is 1. The molecular formula is C10H15N5.